The largest absolute Gasteiger partial charge is 0.484 e. The highest BCUT2D eigenvalue weighted by molar-refractivity contribution is 7.92. The Labute approximate surface area is 172 Å². The molecule has 0 aliphatic heterocycles. The van der Waals surface area contributed by atoms with Gasteiger partial charge >= 0.3 is 6.18 Å². The maximum Gasteiger partial charge on any atom is 0.416 e. The van der Waals surface area contributed by atoms with Crippen LogP contribution in [0.15, 0.2) is 53.4 Å². The van der Waals surface area contributed by atoms with E-state index in [1.165, 1.54) is 37.4 Å². The van der Waals surface area contributed by atoms with Gasteiger partial charge in [-0.1, -0.05) is 6.07 Å². The first-order chi connectivity index (χ1) is 14.0. The molecule has 2 rings (SSSR count). The van der Waals surface area contributed by atoms with E-state index >= 15 is 0 Å². The quantitative estimate of drug-likeness (QED) is 0.618. The summed E-state index contributed by atoms with van der Waals surface area (Å²) in [6.45, 7) is 1.83. The number of hydrogen-bond donors (Lipinski definition) is 2. The number of alkyl halides is 3. The molecule has 0 spiro atoms. The zero-order chi connectivity index (χ0) is 22.4. The van der Waals surface area contributed by atoms with Crippen LogP contribution in [0, 0.1) is 0 Å². The smallest absolute Gasteiger partial charge is 0.416 e. The van der Waals surface area contributed by atoms with Crippen molar-refractivity contribution in [2.45, 2.75) is 24.0 Å². The maximum atomic E-state index is 12.8. The van der Waals surface area contributed by atoms with E-state index in [1.54, 1.807) is 6.92 Å². The lowest BCUT2D eigenvalue weighted by atomic mass is 10.2. The monoisotopic (exact) mass is 446 g/mol. The number of hydrogen-bond acceptors (Lipinski definition) is 5. The Kier molecular flexibility index (Phi) is 7.68. The maximum absolute atomic E-state index is 12.8. The molecular weight excluding hydrogens is 425 g/mol. The van der Waals surface area contributed by atoms with Gasteiger partial charge in [-0.05, 0) is 49.4 Å². The van der Waals surface area contributed by atoms with E-state index in [9.17, 15) is 26.4 Å². The van der Waals surface area contributed by atoms with Crippen molar-refractivity contribution < 1.29 is 35.9 Å². The van der Waals surface area contributed by atoms with Crippen LogP contribution in [0.3, 0.4) is 0 Å². The first-order valence-corrected chi connectivity index (χ1v) is 10.2. The van der Waals surface area contributed by atoms with Crippen LogP contribution < -0.4 is 14.8 Å². The van der Waals surface area contributed by atoms with E-state index in [2.05, 4.69) is 10.0 Å². The summed E-state index contributed by atoms with van der Waals surface area (Å²) >= 11 is 0. The van der Waals surface area contributed by atoms with Crippen LogP contribution >= 0.6 is 0 Å². The van der Waals surface area contributed by atoms with Gasteiger partial charge < -0.3 is 14.8 Å². The SMILES string of the molecule is COC[C@H](C)NC(=O)COc1ccc(S(=O)(=O)Nc2cccc(C(F)(F)F)c2)cc1. The molecule has 0 saturated heterocycles. The number of methoxy groups -OCH3 is 1. The molecule has 0 aromatic heterocycles. The Morgan fingerprint density at radius 1 is 1.13 bits per heavy atom. The van der Waals surface area contributed by atoms with Gasteiger partial charge in [0.1, 0.15) is 5.75 Å². The Morgan fingerprint density at radius 2 is 1.80 bits per heavy atom. The fourth-order valence-corrected chi connectivity index (χ4v) is 3.49. The van der Waals surface area contributed by atoms with Crippen molar-refractivity contribution >= 4 is 21.6 Å². The van der Waals surface area contributed by atoms with E-state index in [0.29, 0.717) is 12.7 Å². The molecule has 0 heterocycles. The number of carbonyl (C=O) groups is 1. The molecule has 1 atom stereocenters. The average molecular weight is 446 g/mol. The molecule has 0 unspecified atom stereocenters. The lowest BCUT2D eigenvalue weighted by Gasteiger charge is -2.13. The fourth-order valence-electron chi connectivity index (χ4n) is 2.45. The number of rotatable bonds is 9. The van der Waals surface area contributed by atoms with Crippen LogP contribution in [-0.2, 0) is 25.7 Å². The molecule has 0 fully saturated rings. The highest BCUT2D eigenvalue weighted by atomic mass is 32.2. The summed E-state index contributed by atoms with van der Waals surface area (Å²) in [5, 5.41) is 2.65. The van der Waals surface area contributed by atoms with Gasteiger partial charge in [-0.3, -0.25) is 9.52 Å². The van der Waals surface area contributed by atoms with Crippen LogP contribution in [0.2, 0.25) is 0 Å². The highest BCUT2D eigenvalue weighted by Crippen LogP contribution is 2.31. The third-order valence-corrected chi connectivity index (χ3v) is 5.17. The van der Waals surface area contributed by atoms with Crippen LogP contribution in [0.25, 0.3) is 0 Å². The average Bonchev–Trinajstić information content (AvgIpc) is 2.66. The summed E-state index contributed by atoms with van der Waals surface area (Å²) < 4.78 is 75.5. The van der Waals surface area contributed by atoms with Crippen molar-refractivity contribution in [3.63, 3.8) is 0 Å². The lowest BCUT2D eigenvalue weighted by molar-refractivity contribution is -0.137. The molecule has 0 aliphatic rings. The highest BCUT2D eigenvalue weighted by Gasteiger charge is 2.30. The number of benzene rings is 2. The summed E-state index contributed by atoms with van der Waals surface area (Å²) in [7, 11) is -2.60. The van der Waals surface area contributed by atoms with Gasteiger partial charge in [-0.25, -0.2) is 8.42 Å². The minimum atomic E-state index is -4.59. The number of sulfonamides is 1. The number of amides is 1. The third-order valence-electron chi connectivity index (χ3n) is 3.77. The number of nitrogens with one attached hydrogen (secondary N) is 2. The second-order valence-corrected chi connectivity index (χ2v) is 8.05. The molecule has 0 radical (unpaired) electrons. The summed E-state index contributed by atoms with van der Waals surface area (Å²) in [5.74, 6) is -0.120. The summed E-state index contributed by atoms with van der Waals surface area (Å²) in [5.41, 5.74) is -1.18. The molecule has 7 nitrogen and oxygen atoms in total. The normalized spacial score (nSPS) is 12.8. The summed E-state index contributed by atoms with van der Waals surface area (Å²) in [6.07, 6.45) is -4.59. The van der Waals surface area contributed by atoms with Gasteiger partial charge in [0.25, 0.3) is 15.9 Å². The van der Waals surface area contributed by atoms with Gasteiger partial charge in [0, 0.05) is 18.8 Å². The molecule has 11 heteroatoms. The number of halogens is 3. The van der Waals surface area contributed by atoms with Crippen molar-refractivity contribution in [1.29, 1.82) is 0 Å². The number of carbonyl (C=O) groups excluding carboxylic acids is 1. The summed E-state index contributed by atoms with van der Waals surface area (Å²) in [4.78, 5) is 11.6. The van der Waals surface area contributed by atoms with Gasteiger partial charge in [0.15, 0.2) is 6.61 Å². The first-order valence-electron chi connectivity index (χ1n) is 8.72. The van der Waals surface area contributed by atoms with Crippen LogP contribution in [0.5, 0.6) is 5.75 Å². The minimum absolute atomic E-state index is 0.176. The number of anilines is 1. The molecule has 0 aliphatic carbocycles. The van der Waals surface area contributed by atoms with E-state index in [-0.39, 0.29) is 34.9 Å². The number of ether oxygens (including phenoxy) is 2. The zero-order valence-electron chi connectivity index (χ0n) is 16.2. The molecule has 0 saturated carbocycles. The lowest BCUT2D eigenvalue weighted by Crippen LogP contribution is -2.38. The predicted molar refractivity (Wildman–Crippen MR) is 104 cm³/mol. The molecule has 0 bridgehead atoms. The van der Waals surface area contributed by atoms with Gasteiger partial charge in [0.2, 0.25) is 0 Å². The zero-order valence-corrected chi connectivity index (χ0v) is 17.0. The standard InChI is InChI=1S/C19H21F3N2O5S/c1-13(11-28-2)23-18(25)12-29-16-6-8-17(9-7-16)30(26,27)24-15-5-3-4-14(10-15)19(20,21)22/h3-10,13,24H,11-12H2,1-2H3,(H,23,25)/t13-/m0/s1. The van der Waals surface area contributed by atoms with Gasteiger partial charge in [-0.2, -0.15) is 13.2 Å². The Bertz CT molecular complexity index is 963. The fraction of sp³-hybridized carbons (Fsp3) is 0.316. The van der Waals surface area contributed by atoms with Crippen molar-refractivity contribution in [2.75, 3.05) is 25.0 Å². The van der Waals surface area contributed by atoms with E-state index in [1.807, 2.05) is 0 Å². The molecule has 1 amide bonds. The van der Waals surface area contributed by atoms with Crippen molar-refractivity contribution in [2.24, 2.45) is 0 Å². The van der Waals surface area contributed by atoms with Crippen molar-refractivity contribution in [3.8, 4) is 5.75 Å². The van der Waals surface area contributed by atoms with E-state index < -0.39 is 21.8 Å². The second kappa shape index (κ2) is 9.81. The van der Waals surface area contributed by atoms with Crippen LogP contribution in [-0.4, -0.2) is 40.7 Å². The predicted octanol–water partition coefficient (Wildman–Crippen LogP) is 3.04. The van der Waals surface area contributed by atoms with E-state index in [4.69, 9.17) is 9.47 Å². The second-order valence-electron chi connectivity index (χ2n) is 6.37. The summed E-state index contributed by atoms with van der Waals surface area (Å²) in [6, 6.07) is 8.80. The third kappa shape index (κ3) is 6.92. The first kappa shape index (κ1) is 23.5. The van der Waals surface area contributed by atoms with Crippen molar-refractivity contribution in [3.05, 3.63) is 54.1 Å². The van der Waals surface area contributed by atoms with Crippen LogP contribution in [0.1, 0.15) is 12.5 Å². The minimum Gasteiger partial charge on any atom is -0.484 e. The van der Waals surface area contributed by atoms with E-state index in [0.717, 1.165) is 12.1 Å². The molecule has 2 N–H and O–H groups in total. The van der Waals surface area contributed by atoms with Crippen molar-refractivity contribution in [1.82, 2.24) is 5.32 Å². The molecule has 2 aromatic rings. The Morgan fingerprint density at radius 3 is 2.40 bits per heavy atom. The Hall–Kier alpha value is -2.79. The molecular formula is C19H21F3N2O5S. The van der Waals surface area contributed by atoms with Crippen LogP contribution in [0.4, 0.5) is 18.9 Å². The topological polar surface area (TPSA) is 93.7 Å². The molecule has 164 valence electrons. The molecule has 30 heavy (non-hydrogen) atoms. The Balaban J connectivity index is 2.00. The van der Waals surface area contributed by atoms with Gasteiger partial charge in [0.05, 0.1) is 17.1 Å². The molecule has 2 aromatic carbocycles. The van der Waals surface area contributed by atoms with Gasteiger partial charge in [-0.15, -0.1) is 0 Å².